The minimum atomic E-state index is -3.48. The maximum absolute atomic E-state index is 14.2. The summed E-state index contributed by atoms with van der Waals surface area (Å²) in [5.41, 5.74) is 0.568. The second-order valence-corrected chi connectivity index (χ2v) is 7.72. The minimum absolute atomic E-state index is 0.0715. The molecule has 26 heavy (non-hydrogen) atoms. The maximum atomic E-state index is 14.2. The number of rotatable bonds is 4. The number of ether oxygens (including phenoxy) is 1. The number of hydrogen-bond acceptors (Lipinski definition) is 7. The van der Waals surface area contributed by atoms with E-state index in [9.17, 15) is 22.0 Å². The van der Waals surface area contributed by atoms with Crippen LogP contribution in [0.2, 0.25) is 0 Å². The van der Waals surface area contributed by atoms with Crippen molar-refractivity contribution >= 4 is 21.8 Å². The molecule has 0 aromatic carbocycles. The summed E-state index contributed by atoms with van der Waals surface area (Å²) in [7, 11) is -2.26. The van der Waals surface area contributed by atoms with Gasteiger partial charge >= 0.3 is 5.97 Å². The number of carbonyl (C=O) groups excluding carboxylic acids is 1. The van der Waals surface area contributed by atoms with Crippen LogP contribution < -0.4 is 4.72 Å². The maximum Gasteiger partial charge on any atom is 0.337 e. The Morgan fingerprint density at radius 2 is 2.15 bits per heavy atom. The molecule has 8 nitrogen and oxygen atoms in total. The molecule has 0 aliphatic carbocycles. The largest absolute Gasteiger partial charge is 0.466 e. The normalized spacial score (nSPS) is 20.1. The lowest BCUT2D eigenvalue weighted by molar-refractivity contribution is -0.136. The first-order valence-electron chi connectivity index (χ1n) is 7.60. The van der Waals surface area contributed by atoms with Crippen LogP contribution >= 0.6 is 0 Å². The molecule has 2 aliphatic rings. The molecule has 11 heteroatoms. The van der Waals surface area contributed by atoms with Crippen LogP contribution in [0.5, 0.6) is 0 Å². The summed E-state index contributed by atoms with van der Waals surface area (Å²) in [6.07, 6.45) is 2.10. The number of methoxy groups -OCH3 is 1. The van der Waals surface area contributed by atoms with Crippen LogP contribution in [0.25, 0.3) is 0 Å². The summed E-state index contributed by atoms with van der Waals surface area (Å²) in [6, 6.07) is 0.151. The van der Waals surface area contributed by atoms with Gasteiger partial charge in [0, 0.05) is 30.8 Å². The van der Waals surface area contributed by atoms with Crippen molar-refractivity contribution in [2.75, 3.05) is 26.5 Å². The Bertz CT molecular complexity index is 930. The van der Waals surface area contributed by atoms with Gasteiger partial charge in [-0.25, -0.2) is 31.7 Å². The summed E-state index contributed by atoms with van der Waals surface area (Å²) in [5.74, 6) is -2.21. The van der Waals surface area contributed by atoms with Crippen LogP contribution in [-0.2, 0) is 19.6 Å². The highest BCUT2D eigenvalue weighted by atomic mass is 32.2. The molecular formula is C15H16F2N4O4S. The Morgan fingerprint density at radius 1 is 1.42 bits per heavy atom. The average Bonchev–Trinajstić information content (AvgIpc) is 2.95. The minimum Gasteiger partial charge on any atom is -0.466 e. The lowest BCUT2D eigenvalue weighted by Crippen LogP contribution is -2.39. The van der Waals surface area contributed by atoms with E-state index in [1.807, 2.05) is 0 Å². The summed E-state index contributed by atoms with van der Waals surface area (Å²) in [5, 5.41) is 0. The van der Waals surface area contributed by atoms with Gasteiger partial charge in [0.1, 0.15) is 11.5 Å². The lowest BCUT2D eigenvalue weighted by atomic mass is 10.1. The zero-order chi connectivity index (χ0) is 19.1. The molecule has 3 heterocycles. The van der Waals surface area contributed by atoms with E-state index in [0.717, 1.165) is 12.5 Å². The second kappa shape index (κ2) is 6.72. The molecule has 0 unspecified atom stereocenters. The van der Waals surface area contributed by atoms with Gasteiger partial charge in [0.25, 0.3) is 0 Å². The Kier molecular flexibility index (Phi) is 4.76. The number of nitrogens with one attached hydrogen (secondary N) is 1. The molecule has 0 saturated carbocycles. The van der Waals surface area contributed by atoms with Crippen molar-refractivity contribution in [3.63, 3.8) is 0 Å². The Labute approximate surface area is 148 Å². The van der Waals surface area contributed by atoms with E-state index in [2.05, 4.69) is 14.7 Å². The third-order valence-corrected chi connectivity index (χ3v) is 4.75. The molecular weight excluding hydrogens is 370 g/mol. The highest BCUT2D eigenvalue weighted by Crippen LogP contribution is 2.31. The van der Waals surface area contributed by atoms with Crippen LogP contribution in [0, 0.1) is 11.6 Å². The van der Waals surface area contributed by atoms with Crippen molar-refractivity contribution in [2.45, 2.75) is 12.5 Å². The fourth-order valence-electron chi connectivity index (χ4n) is 3.04. The Hall–Kier alpha value is -2.40. The van der Waals surface area contributed by atoms with Gasteiger partial charge in [0.05, 0.1) is 31.7 Å². The topological polar surface area (TPSA) is 101 Å². The zero-order valence-electron chi connectivity index (χ0n) is 14.0. The number of carbonyl (C=O) groups is 1. The van der Waals surface area contributed by atoms with Gasteiger partial charge in [-0.3, -0.25) is 4.99 Å². The SMILES string of the molecule is COC(=O)C1=C2C[C@H](NS(C)(=O)=O)CN2C(c2ncc(F)cc2F)=NC1. The van der Waals surface area contributed by atoms with E-state index in [-0.39, 0.29) is 36.6 Å². The predicted octanol–water partition coefficient (Wildman–Crippen LogP) is 0.171. The molecule has 1 atom stereocenters. The van der Waals surface area contributed by atoms with Gasteiger partial charge in [-0.2, -0.15) is 0 Å². The van der Waals surface area contributed by atoms with Crippen LogP contribution in [-0.4, -0.2) is 62.6 Å². The van der Waals surface area contributed by atoms with E-state index in [4.69, 9.17) is 4.74 Å². The number of nitrogens with zero attached hydrogens (tertiary/aromatic N) is 3. The summed E-state index contributed by atoms with van der Waals surface area (Å²) in [6.45, 7) is 0.0537. The molecule has 0 bridgehead atoms. The number of sulfonamides is 1. The third-order valence-electron chi connectivity index (χ3n) is 3.99. The van der Waals surface area contributed by atoms with Crippen molar-refractivity contribution < 1.29 is 26.7 Å². The number of pyridine rings is 1. The number of hydrogen-bond donors (Lipinski definition) is 1. The average molecular weight is 386 g/mol. The molecule has 3 rings (SSSR count). The van der Waals surface area contributed by atoms with Gasteiger partial charge in [-0.15, -0.1) is 0 Å². The van der Waals surface area contributed by atoms with Crippen LogP contribution in [0.4, 0.5) is 8.78 Å². The molecule has 1 saturated heterocycles. The number of aliphatic imine (C=N–C) groups is 1. The van der Waals surface area contributed by atoms with Crippen molar-refractivity contribution in [3.05, 3.63) is 40.9 Å². The summed E-state index contributed by atoms with van der Waals surface area (Å²) >= 11 is 0. The molecule has 1 N–H and O–H groups in total. The lowest BCUT2D eigenvalue weighted by Gasteiger charge is -2.27. The van der Waals surface area contributed by atoms with Crippen LogP contribution in [0.15, 0.2) is 28.5 Å². The van der Waals surface area contributed by atoms with Crippen molar-refractivity contribution in [1.82, 2.24) is 14.6 Å². The number of halogens is 2. The van der Waals surface area contributed by atoms with E-state index < -0.39 is 33.7 Å². The van der Waals surface area contributed by atoms with Crippen molar-refractivity contribution in [2.24, 2.45) is 4.99 Å². The first-order chi connectivity index (χ1) is 12.2. The highest BCUT2D eigenvalue weighted by molar-refractivity contribution is 7.88. The van der Waals surface area contributed by atoms with E-state index in [1.54, 1.807) is 0 Å². The monoisotopic (exact) mass is 386 g/mol. The fraction of sp³-hybridized carbons (Fsp3) is 0.400. The molecule has 0 spiro atoms. The number of esters is 1. The molecule has 1 fully saturated rings. The van der Waals surface area contributed by atoms with Gasteiger partial charge in [0.15, 0.2) is 11.7 Å². The fourth-order valence-corrected chi connectivity index (χ4v) is 3.80. The predicted molar refractivity (Wildman–Crippen MR) is 87.7 cm³/mol. The zero-order valence-corrected chi connectivity index (χ0v) is 14.8. The standard InChI is InChI=1S/C15H16F2N4O4S/c1-25-15(22)10-6-19-14(13-11(17)3-8(16)5-18-13)21-7-9(4-12(10)21)20-26(2,23)24/h3,5,9,20H,4,6-7H2,1-2H3/t9-/m0/s1. The van der Waals surface area contributed by atoms with Gasteiger partial charge in [-0.1, -0.05) is 0 Å². The Balaban J connectivity index is 2.01. The number of fused-ring (bicyclic) bond motifs is 1. The smallest absolute Gasteiger partial charge is 0.337 e. The van der Waals surface area contributed by atoms with E-state index >= 15 is 0 Å². The van der Waals surface area contributed by atoms with Crippen molar-refractivity contribution in [1.29, 1.82) is 0 Å². The van der Waals surface area contributed by atoms with Gasteiger partial charge in [0.2, 0.25) is 10.0 Å². The molecule has 1 aromatic rings. The molecule has 0 amide bonds. The number of aromatic nitrogens is 1. The molecule has 0 radical (unpaired) electrons. The van der Waals surface area contributed by atoms with Crippen LogP contribution in [0.3, 0.4) is 0 Å². The first-order valence-corrected chi connectivity index (χ1v) is 9.49. The summed E-state index contributed by atoms with van der Waals surface area (Å²) in [4.78, 5) is 21.5. The van der Waals surface area contributed by atoms with Crippen LogP contribution in [0.1, 0.15) is 12.1 Å². The van der Waals surface area contributed by atoms with E-state index in [1.165, 1.54) is 12.0 Å². The molecule has 2 aliphatic heterocycles. The molecule has 1 aromatic heterocycles. The Morgan fingerprint density at radius 3 is 2.77 bits per heavy atom. The second-order valence-electron chi connectivity index (χ2n) is 5.94. The first kappa shape index (κ1) is 18.4. The van der Waals surface area contributed by atoms with E-state index in [0.29, 0.717) is 11.8 Å². The number of amidine groups is 1. The van der Waals surface area contributed by atoms with Crippen molar-refractivity contribution in [3.8, 4) is 0 Å². The quantitative estimate of drug-likeness (QED) is 0.741. The molecule has 140 valence electrons. The highest BCUT2D eigenvalue weighted by Gasteiger charge is 2.38. The summed E-state index contributed by atoms with van der Waals surface area (Å²) < 4.78 is 57.6. The van der Waals surface area contributed by atoms with Gasteiger partial charge < -0.3 is 9.64 Å². The van der Waals surface area contributed by atoms with Gasteiger partial charge in [-0.05, 0) is 0 Å². The third kappa shape index (κ3) is 3.58.